The summed E-state index contributed by atoms with van der Waals surface area (Å²) >= 11 is 0. The number of carbonyl (C=O) groups excluding carboxylic acids is 1. The first-order valence-corrected chi connectivity index (χ1v) is 10.1. The molecule has 0 spiro atoms. The van der Waals surface area contributed by atoms with E-state index in [-0.39, 0.29) is 17.1 Å². The molecular formula is C25H28O5. The lowest BCUT2D eigenvalue weighted by Gasteiger charge is -2.12. The van der Waals surface area contributed by atoms with Crippen molar-refractivity contribution < 1.29 is 24.2 Å². The van der Waals surface area contributed by atoms with Gasteiger partial charge in [-0.15, -0.1) is 0 Å². The van der Waals surface area contributed by atoms with Crippen molar-refractivity contribution in [3.05, 3.63) is 77.1 Å². The molecule has 0 atom stereocenters. The molecule has 0 radical (unpaired) electrons. The molecule has 5 heteroatoms. The summed E-state index contributed by atoms with van der Waals surface area (Å²) in [5.74, 6) is 0.0305. The van der Waals surface area contributed by atoms with Crippen molar-refractivity contribution in [2.24, 2.45) is 0 Å². The molecule has 30 heavy (non-hydrogen) atoms. The van der Waals surface area contributed by atoms with Crippen molar-refractivity contribution in [3.63, 3.8) is 0 Å². The van der Waals surface area contributed by atoms with Crippen LogP contribution in [0.15, 0.2) is 60.4 Å². The maximum atomic E-state index is 12.7. The summed E-state index contributed by atoms with van der Waals surface area (Å²) in [4.78, 5) is 23.7. The number of allylic oxidation sites excluding steroid dienone is 3. The van der Waals surface area contributed by atoms with Crippen molar-refractivity contribution in [3.8, 4) is 11.5 Å². The van der Waals surface area contributed by atoms with E-state index < -0.39 is 12.6 Å². The number of aliphatic carboxylic acids is 1. The lowest BCUT2D eigenvalue weighted by Crippen LogP contribution is -2.12. The molecule has 0 saturated carbocycles. The molecule has 0 unspecified atom stereocenters. The van der Waals surface area contributed by atoms with Crippen LogP contribution in [0.5, 0.6) is 11.5 Å². The topological polar surface area (TPSA) is 72.8 Å². The van der Waals surface area contributed by atoms with Crippen LogP contribution in [0.25, 0.3) is 6.08 Å². The van der Waals surface area contributed by atoms with Gasteiger partial charge in [0.2, 0.25) is 0 Å². The van der Waals surface area contributed by atoms with Crippen LogP contribution in [-0.4, -0.2) is 23.5 Å². The van der Waals surface area contributed by atoms with E-state index in [1.54, 1.807) is 24.3 Å². The fourth-order valence-corrected chi connectivity index (χ4v) is 2.86. The summed E-state index contributed by atoms with van der Waals surface area (Å²) in [6.45, 7) is 5.43. The summed E-state index contributed by atoms with van der Waals surface area (Å²) in [6.07, 6.45) is 7.86. The Bertz CT molecular complexity index is 923. The van der Waals surface area contributed by atoms with Gasteiger partial charge >= 0.3 is 5.97 Å². The van der Waals surface area contributed by atoms with Crippen molar-refractivity contribution in [1.29, 1.82) is 0 Å². The summed E-state index contributed by atoms with van der Waals surface area (Å²) in [6, 6.07) is 12.8. The number of benzene rings is 2. The number of carbonyl (C=O) groups is 2. The molecule has 0 bridgehead atoms. The Hall–Kier alpha value is -3.34. The highest BCUT2D eigenvalue weighted by Crippen LogP contribution is 2.27. The first-order valence-electron chi connectivity index (χ1n) is 10.1. The second kappa shape index (κ2) is 11.6. The van der Waals surface area contributed by atoms with Gasteiger partial charge in [-0.3, -0.25) is 4.79 Å². The maximum Gasteiger partial charge on any atom is 0.341 e. The first kappa shape index (κ1) is 22.9. The Kier molecular flexibility index (Phi) is 8.88. The normalized spacial score (nSPS) is 11.5. The van der Waals surface area contributed by atoms with Crippen LogP contribution >= 0.6 is 0 Å². The minimum absolute atomic E-state index is 0.175. The Labute approximate surface area is 177 Å². The van der Waals surface area contributed by atoms with Crippen LogP contribution in [-0.2, 0) is 11.2 Å². The predicted octanol–water partition coefficient (Wildman–Crippen LogP) is 5.69. The molecule has 0 amide bonds. The van der Waals surface area contributed by atoms with Crippen LogP contribution in [0.4, 0.5) is 0 Å². The molecule has 0 aromatic heterocycles. The number of ether oxygens (including phenoxy) is 2. The van der Waals surface area contributed by atoms with E-state index in [2.05, 4.69) is 6.92 Å². The van der Waals surface area contributed by atoms with E-state index in [4.69, 9.17) is 14.6 Å². The quantitative estimate of drug-likeness (QED) is 0.294. The highest BCUT2D eigenvalue weighted by molar-refractivity contribution is 6.08. The minimum Gasteiger partial charge on any atom is -0.481 e. The standard InChI is InChI=1S/C25H28O5/c1-4-7-18-8-10-19(11-9-18)12-15-23(26)22-14-13-21(30-20(5-2)6-3)16-24(22)29-17-25(27)28/h5,8-16H,4,6-7,17H2,1-3H3,(H,27,28). The zero-order chi connectivity index (χ0) is 21.9. The van der Waals surface area contributed by atoms with Gasteiger partial charge in [-0.25, -0.2) is 4.79 Å². The smallest absolute Gasteiger partial charge is 0.341 e. The lowest BCUT2D eigenvalue weighted by atomic mass is 10.1. The molecular weight excluding hydrogens is 380 g/mol. The number of hydrogen-bond acceptors (Lipinski definition) is 4. The van der Waals surface area contributed by atoms with Crippen LogP contribution in [0.2, 0.25) is 0 Å². The Morgan fingerprint density at radius 1 is 1.07 bits per heavy atom. The molecule has 0 heterocycles. The largest absolute Gasteiger partial charge is 0.481 e. The Morgan fingerprint density at radius 3 is 2.40 bits per heavy atom. The Balaban J connectivity index is 2.23. The number of ketones is 1. The maximum absolute atomic E-state index is 12.7. The van der Waals surface area contributed by atoms with Gasteiger partial charge in [0.05, 0.1) is 11.3 Å². The molecule has 158 valence electrons. The van der Waals surface area contributed by atoms with Gasteiger partial charge < -0.3 is 14.6 Å². The molecule has 0 fully saturated rings. The van der Waals surface area contributed by atoms with Gasteiger partial charge in [0.25, 0.3) is 0 Å². The van der Waals surface area contributed by atoms with Crippen molar-refractivity contribution in [2.75, 3.05) is 6.61 Å². The minimum atomic E-state index is -1.12. The molecule has 2 aromatic rings. The molecule has 0 aliphatic carbocycles. The molecule has 0 aliphatic heterocycles. The van der Waals surface area contributed by atoms with Crippen LogP contribution < -0.4 is 9.47 Å². The van der Waals surface area contributed by atoms with Crippen molar-refractivity contribution in [2.45, 2.75) is 40.0 Å². The average Bonchev–Trinajstić information content (AvgIpc) is 2.75. The number of aryl methyl sites for hydroxylation is 1. The van der Waals surface area contributed by atoms with Crippen LogP contribution in [0, 0.1) is 0 Å². The van der Waals surface area contributed by atoms with Crippen LogP contribution in [0.3, 0.4) is 0 Å². The SMILES string of the molecule is CC=C(CC)Oc1ccc(C(=O)C=Cc2ccc(CCC)cc2)c(OCC(=O)O)c1. The second-order valence-electron chi connectivity index (χ2n) is 6.74. The monoisotopic (exact) mass is 408 g/mol. The van der Waals surface area contributed by atoms with E-state index in [1.807, 2.05) is 44.2 Å². The predicted molar refractivity (Wildman–Crippen MR) is 118 cm³/mol. The average molecular weight is 408 g/mol. The first-order chi connectivity index (χ1) is 14.5. The van der Waals surface area contributed by atoms with E-state index in [0.29, 0.717) is 12.2 Å². The number of carboxylic acid groups (broad SMARTS) is 1. The zero-order valence-corrected chi connectivity index (χ0v) is 17.7. The van der Waals surface area contributed by atoms with Gasteiger partial charge in [0.15, 0.2) is 12.4 Å². The summed E-state index contributed by atoms with van der Waals surface area (Å²) in [7, 11) is 0. The zero-order valence-electron chi connectivity index (χ0n) is 17.7. The molecule has 2 aromatic carbocycles. The molecule has 1 N–H and O–H groups in total. The fourth-order valence-electron chi connectivity index (χ4n) is 2.86. The fraction of sp³-hybridized carbons (Fsp3) is 0.280. The summed E-state index contributed by atoms with van der Waals surface area (Å²) in [5.41, 5.74) is 2.45. The van der Waals surface area contributed by atoms with E-state index in [9.17, 15) is 9.59 Å². The Morgan fingerprint density at radius 2 is 1.80 bits per heavy atom. The number of carboxylic acids is 1. The highest BCUT2D eigenvalue weighted by atomic mass is 16.5. The molecule has 2 rings (SSSR count). The molecule has 5 nitrogen and oxygen atoms in total. The summed E-state index contributed by atoms with van der Waals surface area (Å²) < 4.78 is 11.1. The van der Waals surface area contributed by atoms with Gasteiger partial charge in [-0.1, -0.05) is 50.6 Å². The number of rotatable bonds is 11. The highest BCUT2D eigenvalue weighted by Gasteiger charge is 2.14. The second-order valence-corrected chi connectivity index (χ2v) is 6.74. The van der Waals surface area contributed by atoms with Crippen LogP contribution in [0.1, 0.15) is 55.1 Å². The molecule has 0 saturated heterocycles. The lowest BCUT2D eigenvalue weighted by molar-refractivity contribution is -0.139. The van der Waals surface area contributed by atoms with Gasteiger partial charge in [-0.2, -0.15) is 0 Å². The van der Waals surface area contributed by atoms with Gasteiger partial charge in [0.1, 0.15) is 11.5 Å². The van der Waals surface area contributed by atoms with E-state index in [0.717, 1.165) is 24.2 Å². The van der Waals surface area contributed by atoms with Crippen molar-refractivity contribution in [1.82, 2.24) is 0 Å². The summed E-state index contributed by atoms with van der Waals surface area (Å²) in [5, 5.41) is 8.94. The van der Waals surface area contributed by atoms with Crippen molar-refractivity contribution >= 4 is 17.8 Å². The third-order valence-corrected chi connectivity index (χ3v) is 4.43. The van der Waals surface area contributed by atoms with Gasteiger partial charge in [0, 0.05) is 12.5 Å². The third-order valence-electron chi connectivity index (χ3n) is 4.43. The van der Waals surface area contributed by atoms with Gasteiger partial charge in [-0.05, 0) is 48.8 Å². The third kappa shape index (κ3) is 6.92. The van der Waals surface area contributed by atoms with E-state index >= 15 is 0 Å². The van der Waals surface area contributed by atoms with E-state index in [1.165, 1.54) is 11.6 Å². The molecule has 0 aliphatic rings. The number of hydrogen-bond donors (Lipinski definition) is 1.